The van der Waals surface area contributed by atoms with Crippen LogP contribution in [0.15, 0.2) is 0 Å². The van der Waals surface area contributed by atoms with Crippen molar-refractivity contribution < 1.29 is 9.53 Å². The molecule has 0 spiro atoms. The number of hydrogen-bond acceptors (Lipinski definition) is 3. The molecule has 0 radical (unpaired) electrons. The molecule has 0 aromatic heterocycles. The molecule has 0 aliphatic carbocycles. The van der Waals surface area contributed by atoms with Gasteiger partial charge >= 0.3 is 0 Å². The van der Waals surface area contributed by atoms with Crippen LogP contribution in [0.4, 0.5) is 0 Å². The Balaban J connectivity index is 1.87. The normalized spacial score (nSPS) is 28.5. The fourth-order valence-electron chi connectivity index (χ4n) is 2.25. The summed E-state index contributed by atoms with van der Waals surface area (Å²) in [7, 11) is 0. The summed E-state index contributed by atoms with van der Waals surface area (Å²) in [5.74, 6) is 0.278. The topological polar surface area (TPSA) is 41.6 Å². The van der Waals surface area contributed by atoms with Crippen LogP contribution in [0.25, 0.3) is 0 Å². The van der Waals surface area contributed by atoms with E-state index in [9.17, 15) is 4.79 Å². The Morgan fingerprint density at radius 3 is 2.93 bits per heavy atom. The first-order valence-corrected chi connectivity index (χ1v) is 5.98. The van der Waals surface area contributed by atoms with Gasteiger partial charge in [0, 0.05) is 19.7 Å². The summed E-state index contributed by atoms with van der Waals surface area (Å²) in [4.78, 5) is 14.1. The van der Waals surface area contributed by atoms with Gasteiger partial charge in [0.2, 0.25) is 5.91 Å². The molecule has 2 heterocycles. The molecule has 4 heteroatoms. The van der Waals surface area contributed by atoms with Gasteiger partial charge in [0.1, 0.15) is 0 Å². The molecule has 0 aromatic carbocycles. The lowest BCUT2D eigenvalue weighted by molar-refractivity contribution is -0.134. The number of nitrogens with zero attached hydrogens (tertiary/aromatic N) is 1. The van der Waals surface area contributed by atoms with Gasteiger partial charge in [-0.15, -0.1) is 0 Å². The summed E-state index contributed by atoms with van der Waals surface area (Å²) >= 11 is 0. The summed E-state index contributed by atoms with van der Waals surface area (Å²) in [6.07, 6.45) is 4.34. The van der Waals surface area contributed by atoms with Gasteiger partial charge in [-0.05, 0) is 25.8 Å². The van der Waals surface area contributed by atoms with Crippen molar-refractivity contribution >= 4 is 5.91 Å². The summed E-state index contributed by atoms with van der Waals surface area (Å²) in [5, 5.41) is 3.30. The third-order valence-electron chi connectivity index (χ3n) is 3.14. The van der Waals surface area contributed by atoms with Crippen LogP contribution in [-0.2, 0) is 9.53 Å². The van der Waals surface area contributed by atoms with E-state index in [4.69, 9.17) is 4.74 Å². The molecule has 2 aliphatic rings. The van der Waals surface area contributed by atoms with Crippen molar-refractivity contribution in [3.63, 3.8) is 0 Å². The zero-order chi connectivity index (χ0) is 10.5. The Morgan fingerprint density at radius 1 is 1.20 bits per heavy atom. The van der Waals surface area contributed by atoms with Crippen molar-refractivity contribution in [2.45, 2.75) is 31.7 Å². The van der Waals surface area contributed by atoms with Gasteiger partial charge in [-0.3, -0.25) is 4.79 Å². The van der Waals surface area contributed by atoms with Crippen molar-refractivity contribution in [3.8, 4) is 0 Å². The van der Waals surface area contributed by atoms with Gasteiger partial charge < -0.3 is 15.0 Å². The molecule has 2 saturated heterocycles. The Kier molecular flexibility index (Phi) is 3.97. The molecular formula is C11H20N2O2. The smallest absolute Gasteiger partial charge is 0.239 e. The van der Waals surface area contributed by atoms with Crippen LogP contribution in [0.5, 0.6) is 0 Å². The number of ether oxygens (including phenoxy) is 1. The van der Waals surface area contributed by atoms with E-state index in [0.717, 1.165) is 39.1 Å². The van der Waals surface area contributed by atoms with Gasteiger partial charge in [0.25, 0.3) is 0 Å². The fourth-order valence-corrected chi connectivity index (χ4v) is 2.25. The largest absolute Gasteiger partial charge is 0.380 e. The van der Waals surface area contributed by atoms with Crippen molar-refractivity contribution in [1.82, 2.24) is 10.2 Å². The van der Waals surface area contributed by atoms with E-state index < -0.39 is 0 Å². The molecule has 1 unspecified atom stereocenters. The zero-order valence-electron chi connectivity index (χ0n) is 9.21. The van der Waals surface area contributed by atoms with E-state index in [0.29, 0.717) is 6.61 Å². The van der Waals surface area contributed by atoms with Crippen LogP contribution >= 0.6 is 0 Å². The first kappa shape index (κ1) is 10.9. The molecule has 0 saturated carbocycles. The number of carbonyl (C=O) groups excluding carboxylic acids is 1. The first-order valence-electron chi connectivity index (χ1n) is 5.98. The summed E-state index contributed by atoms with van der Waals surface area (Å²) < 4.78 is 5.35. The predicted octanol–water partition coefficient (Wildman–Crippen LogP) is 0.377. The second-order valence-electron chi connectivity index (χ2n) is 4.29. The third-order valence-corrected chi connectivity index (χ3v) is 3.14. The standard InChI is InChI=1S/C11H20N2O2/c14-11(10-4-1-2-5-12-10)13-6-3-8-15-9-7-13/h10,12H,1-9H2. The van der Waals surface area contributed by atoms with Crippen LogP contribution in [0.1, 0.15) is 25.7 Å². The average Bonchev–Trinajstić information content (AvgIpc) is 2.58. The third kappa shape index (κ3) is 2.92. The highest BCUT2D eigenvalue weighted by Gasteiger charge is 2.25. The molecule has 1 atom stereocenters. The van der Waals surface area contributed by atoms with Crippen LogP contribution in [-0.4, -0.2) is 49.7 Å². The lowest BCUT2D eigenvalue weighted by Crippen LogP contribution is -2.49. The molecule has 2 aliphatic heterocycles. The Bertz CT molecular complexity index is 207. The lowest BCUT2D eigenvalue weighted by Gasteiger charge is -2.28. The van der Waals surface area contributed by atoms with Gasteiger partial charge in [-0.25, -0.2) is 0 Å². The predicted molar refractivity (Wildman–Crippen MR) is 57.7 cm³/mol. The van der Waals surface area contributed by atoms with E-state index in [2.05, 4.69) is 5.32 Å². The molecule has 1 N–H and O–H groups in total. The van der Waals surface area contributed by atoms with Gasteiger partial charge in [0.15, 0.2) is 0 Å². The highest BCUT2D eigenvalue weighted by Crippen LogP contribution is 2.11. The SMILES string of the molecule is O=C(C1CCCCN1)N1CCCOCC1. The average molecular weight is 212 g/mol. The molecule has 15 heavy (non-hydrogen) atoms. The molecule has 86 valence electrons. The Labute approximate surface area is 91.0 Å². The minimum atomic E-state index is 0.0665. The fraction of sp³-hybridized carbons (Fsp3) is 0.909. The van der Waals surface area contributed by atoms with E-state index in [1.807, 2.05) is 4.90 Å². The maximum atomic E-state index is 12.1. The van der Waals surface area contributed by atoms with Crippen LogP contribution in [0.2, 0.25) is 0 Å². The minimum Gasteiger partial charge on any atom is -0.380 e. The number of nitrogens with one attached hydrogen (secondary N) is 1. The molecule has 0 bridgehead atoms. The number of carbonyl (C=O) groups is 1. The molecule has 2 rings (SSSR count). The lowest BCUT2D eigenvalue weighted by atomic mass is 10.0. The van der Waals surface area contributed by atoms with Crippen molar-refractivity contribution in [1.29, 1.82) is 0 Å². The van der Waals surface area contributed by atoms with Crippen molar-refractivity contribution in [2.75, 3.05) is 32.8 Å². The van der Waals surface area contributed by atoms with Gasteiger partial charge in [-0.1, -0.05) is 6.42 Å². The summed E-state index contributed by atoms with van der Waals surface area (Å²) in [5.41, 5.74) is 0. The summed E-state index contributed by atoms with van der Waals surface area (Å²) in [6, 6.07) is 0.0665. The molecule has 2 fully saturated rings. The zero-order valence-corrected chi connectivity index (χ0v) is 9.21. The second-order valence-corrected chi connectivity index (χ2v) is 4.29. The highest BCUT2D eigenvalue weighted by atomic mass is 16.5. The van der Waals surface area contributed by atoms with Crippen LogP contribution in [0, 0.1) is 0 Å². The Hall–Kier alpha value is -0.610. The van der Waals surface area contributed by atoms with E-state index >= 15 is 0 Å². The maximum absolute atomic E-state index is 12.1. The monoisotopic (exact) mass is 212 g/mol. The van der Waals surface area contributed by atoms with Gasteiger partial charge in [-0.2, -0.15) is 0 Å². The van der Waals surface area contributed by atoms with E-state index in [1.165, 1.54) is 12.8 Å². The summed E-state index contributed by atoms with van der Waals surface area (Å²) in [6.45, 7) is 4.09. The van der Waals surface area contributed by atoms with Gasteiger partial charge in [0.05, 0.1) is 12.6 Å². The number of piperidine rings is 1. The minimum absolute atomic E-state index is 0.0665. The van der Waals surface area contributed by atoms with Crippen LogP contribution < -0.4 is 5.32 Å². The maximum Gasteiger partial charge on any atom is 0.239 e. The molecule has 4 nitrogen and oxygen atoms in total. The number of hydrogen-bond donors (Lipinski definition) is 1. The van der Waals surface area contributed by atoms with E-state index in [-0.39, 0.29) is 11.9 Å². The quantitative estimate of drug-likeness (QED) is 0.683. The molecule has 1 amide bonds. The Morgan fingerprint density at radius 2 is 2.13 bits per heavy atom. The number of amides is 1. The molecular weight excluding hydrogens is 192 g/mol. The second kappa shape index (κ2) is 5.47. The highest BCUT2D eigenvalue weighted by molar-refractivity contribution is 5.82. The first-order chi connectivity index (χ1) is 7.38. The van der Waals surface area contributed by atoms with Crippen molar-refractivity contribution in [2.24, 2.45) is 0 Å². The van der Waals surface area contributed by atoms with Crippen LogP contribution in [0.3, 0.4) is 0 Å². The number of rotatable bonds is 1. The van der Waals surface area contributed by atoms with Crippen molar-refractivity contribution in [3.05, 3.63) is 0 Å². The van der Waals surface area contributed by atoms with E-state index in [1.54, 1.807) is 0 Å². The molecule has 0 aromatic rings.